The van der Waals surface area contributed by atoms with Gasteiger partial charge in [-0.3, -0.25) is 4.57 Å². The number of carbonyl (C=O) groups is 1. The topological polar surface area (TPSA) is 98.5 Å². The first-order valence-electron chi connectivity index (χ1n) is 10.1. The van der Waals surface area contributed by atoms with E-state index < -0.39 is 0 Å². The van der Waals surface area contributed by atoms with Crippen molar-refractivity contribution >= 4 is 28.9 Å². The summed E-state index contributed by atoms with van der Waals surface area (Å²) in [6.07, 6.45) is 3.31. The van der Waals surface area contributed by atoms with Crippen molar-refractivity contribution in [2.75, 3.05) is 49.8 Å². The summed E-state index contributed by atoms with van der Waals surface area (Å²) in [4.78, 5) is 35.0. The minimum absolute atomic E-state index is 0.268. The highest BCUT2D eigenvalue weighted by Gasteiger charge is 2.34. The van der Waals surface area contributed by atoms with Crippen molar-refractivity contribution in [1.82, 2.24) is 24.5 Å². The number of fused-ring (bicyclic) bond motifs is 1. The Hall–Kier alpha value is -3.27. The highest BCUT2D eigenvalue weighted by atomic mass is 16.5. The van der Waals surface area contributed by atoms with Gasteiger partial charge in [-0.2, -0.15) is 15.0 Å². The first-order valence-corrected chi connectivity index (χ1v) is 10.1. The molecule has 0 aliphatic carbocycles. The van der Waals surface area contributed by atoms with Gasteiger partial charge in [-0.25, -0.2) is 9.78 Å². The standard InChI is InChI=1S/C20H23N7O3/c1-29-17(28)16-7-4-8-26(16)19-22-18(25-9-11-30-12-10-25)23-20(24-19)27-13-21-14-5-2-3-6-15(14)27/h2-3,5-6,13,16H,4,7-12H2,1H3. The Labute approximate surface area is 173 Å². The van der Waals surface area contributed by atoms with Crippen LogP contribution in [0, 0.1) is 0 Å². The molecule has 0 radical (unpaired) electrons. The van der Waals surface area contributed by atoms with Gasteiger partial charge < -0.3 is 19.3 Å². The van der Waals surface area contributed by atoms with E-state index in [0.717, 1.165) is 17.5 Å². The Morgan fingerprint density at radius 1 is 1.07 bits per heavy atom. The molecule has 1 atom stereocenters. The van der Waals surface area contributed by atoms with Gasteiger partial charge in [-0.1, -0.05) is 12.1 Å². The summed E-state index contributed by atoms with van der Waals surface area (Å²) < 4.78 is 12.3. The van der Waals surface area contributed by atoms with Crippen molar-refractivity contribution in [2.45, 2.75) is 18.9 Å². The van der Waals surface area contributed by atoms with Crippen LogP contribution in [0.25, 0.3) is 17.0 Å². The molecular formula is C20H23N7O3. The second-order valence-corrected chi connectivity index (χ2v) is 7.31. The van der Waals surface area contributed by atoms with E-state index in [1.807, 2.05) is 33.7 Å². The zero-order chi connectivity index (χ0) is 20.5. The Bertz CT molecular complexity index is 1060. The van der Waals surface area contributed by atoms with E-state index in [-0.39, 0.29) is 12.0 Å². The summed E-state index contributed by atoms with van der Waals surface area (Å²) in [5.41, 5.74) is 1.77. The molecule has 2 saturated heterocycles. The fourth-order valence-electron chi connectivity index (χ4n) is 3.99. The molecule has 30 heavy (non-hydrogen) atoms. The van der Waals surface area contributed by atoms with Gasteiger partial charge in [-0.05, 0) is 25.0 Å². The molecule has 10 nitrogen and oxygen atoms in total. The molecule has 2 aliphatic rings. The van der Waals surface area contributed by atoms with Gasteiger partial charge in [-0.15, -0.1) is 0 Å². The minimum atomic E-state index is -0.387. The normalized spacial score (nSPS) is 19.4. The first kappa shape index (κ1) is 18.7. The number of morpholine rings is 1. The van der Waals surface area contributed by atoms with Crippen LogP contribution in [0.2, 0.25) is 0 Å². The second kappa shape index (κ2) is 7.86. The van der Waals surface area contributed by atoms with Crippen LogP contribution in [0.3, 0.4) is 0 Å². The van der Waals surface area contributed by atoms with Gasteiger partial charge in [0.1, 0.15) is 12.4 Å². The zero-order valence-electron chi connectivity index (χ0n) is 16.8. The molecule has 3 aromatic rings. The molecule has 1 unspecified atom stereocenters. The molecular weight excluding hydrogens is 386 g/mol. The Morgan fingerprint density at radius 3 is 2.67 bits per heavy atom. The number of nitrogens with zero attached hydrogens (tertiary/aromatic N) is 7. The maximum Gasteiger partial charge on any atom is 0.328 e. The molecule has 0 N–H and O–H groups in total. The molecule has 10 heteroatoms. The maximum atomic E-state index is 12.3. The number of ether oxygens (including phenoxy) is 2. The van der Waals surface area contributed by atoms with Gasteiger partial charge in [0.05, 0.1) is 31.4 Å². The van der Waals surface area contributed by atoms with Crippen LogP contribution in [0.1, 0.15) is 12.8 Å². The lowest BCUT2D eigenvalue weighted by molar-refractivity contribution is -0.141. The second-order valence-electron chi connectivity index (χ2n) is 7.31. The molecule has 2 fully saturated rings. The number of esters is 1. The fraction of sp³-hybridized carbons (Fsp3) is 0.450. The van der Waals surface area contributed by atoms with Crippen molar-refractivity contribution < 1.29 is 14.3 Å². The largest absolute Gasteiger partial charge is 0.467 e. The van der Waals surface area contributed by atoms with Gasteiger partial charge in [0, 0.05) is 19.6 Å². The van der Waals surface area contributed by atoms with Crippen LogP contribution < -0.4 is 9.80 Å². The monoisotopic (exact) mass is 409 g/mol. The predicted molar refractivity (Wildman–Crippen MR) is 110 cm³/mol. The highest BCUT2D eigenvalue weighted by Crippen LogP contribution is 2.26. The van der Waals surface area contributed by atoms with E-state index in [1.165, 1.54) is 7.11 Å². The Kier molecular flexibility index (Phi) is 4.91. The molecule has 5 rings (SSSR count). The van der Waals surface area contributed by atoms with Crippen molar-refractivity contribution in [2.24, 2.45) is 0 Å². The Balaban J connectivity index is 1.61. The van der Waals surface area contributed by atoms with Crippen molar-refractivity contribution in [3.8, 4) is 5.95 Å². The van der Waals surface area contributed by atoms with E-state index in [2.05, 4.69) is 9.88 Å². The van der Waals surface area contributed by atoms with Gasteiger partial charge >= 0.3 is 5.97 Å². The average Bonchev–Trinajstić information content (AvgIpc) is 3.46. The van der Waals surface area contributed by atoms with Gasteiger partial charge in [0.25, 0.3) is 0 Å². The van der Waals surface area contributed by atoms with Crippen LogP contribution in [0.15, 0.2) is 30.6 Å². The third kappa shape index (κ3) is 3.32. The molecule has 0 saturated carbocycles. The molecule has 0 spiro atoms. The third-order valence-electron chi connectivity index (χ3n) is 5.55. The number of carbonyl (C=O) groups excluding carboxylic acids is 1. The number of aromatic nitrogens is 5. The molecule has 1 aromatic carbocycles. The van der Waals surface area contributed by atoms with E-state index >= 15 is 0 Å². The number of imidazole rings is 1. The lowest BCUT2D eigenvalue weighted by Crippen LogP contribution is -2.40. The van der Waals surface area contributed by atoms with Crippen LogP contribution in [-0.4, -0.2) is 76.5 Å². The molecule has 4 heterocycles. The van der Waals surface area contributed by atoms with Gasteiger partial charge in [0.15, 0.2) is 0 Å². The molecule has 156 valence electrons. The first-order chi connectivity index (χ1) is 14.7. The summed E-state index contributed by atoms with van der Waals surface area (Å²) in [6, 6.07) is 7.45. The summed E-state index contributed by atoms with van der Waals surface area (Å²) in [6.45, 7) is 3.34. The Morgan fingerprint density at radius 2 is 1.83 bits per heavy atom. The van der Waals surface area contributed by atoms with Crippen molar-refractivity contribution in [3.05, 3.63) is 30.6 Å². The summed E-state index contributed by atoms with van der Waals surface area (Å²) in [5.74, 6) is 1.26. The molecule has 2 aliphatic heterocycles. The van der Waals surface area contributed by atoms with E-state index in [1.54, 1.807) is 6.33 Å². The summed E-state index contributed by atoms with van der Waals surface area (Å²) >= 11 is 0. The zero-order valence-corrected chi connectivity index (χ0v) is 16.8. The maximum absolute atomic E-state index is 12.3. The van der Waals surface area contributed by atoms with Crippen molar-refractivity contribution in [1.29, 1.82) is 0 Å². The van der Waals surface area contributed by atoms with E-state index in [0.29, 0.717) is 57.1 Å². The molecule has 0 amide bonds. The predicted octanol–water partition coefficient (Wildman–Crippen LogP) is 1.19. The van der Waals surface area contributed by atoms with Gasteiger partial charge in [0.2, 0.25) is 17.8 Å². The summed E-state index contributed by atoms with van der Waals surface area (Å²) in [5, 5.41) is 0. The number of hydrogen-bond donors (Lipinski definition) is 0. The van der Waals surface area contributed by atoms with E-state index in [9.17, 15) is 4.79 Å². The van der Waals surface area contributed by atoms with E-state index in [4.69, 9.17) is 24.4 Å². The van der Waals surface area contributed by atoms with Crippen LogP contribution in [0.5, 0.6) is 0 Å². The van der Waals surface area contributed by atoms with Crippen LogP contribution >= 0.6 is 0 Å². The summed E-state index contributed by atoms with van der Waals surface area (Å²) in [7, 11) is 1.41. The lowest BCUT2D eigenvalue weighted by Gasteiger charge is -2.29. The number of rotatable bonds is 4. The third-order valence-corrected chi connectivity index (χ3v) is 5.55. The number of anilines is 2. The lowest BCUT2D eigenvalue weighted by atomic mass is 10.2. The van der Waals surface area contributed by atoms with Crippen molar-refractivity contribution in [3.63, 3.8) is 0 Å². The van der Waals surface area contributed by atoms with Crippen LogP contribution in [-0.2, 0) is 14.3 Å². The molecule has 0 bridgehead atoms. The number of methoxy groups -OCH3 is 1. The number of benzene rings is 1. The average molecular weight is 409 g/mol. The minimum Gasteiger partial charge on any atom is -0.467 e. The number of hydrogen-bond acceptors (Lipinski definition) is 9. The quantitative estimate of drug-likeness (QED) is 0.588. The van der Waals surface area contributed by atoms with Crippen LogP contribution in [0.4, 0.5) is 11.9 Å². The SMILES string of the molecule is COC(=O)C1CCCN1c1nc(N2CCOCC2)nc(-n2cnc3ccccc32)n1. The smallest absolute Gasteiger partial charge is 0.328 e. The number of para-hydroxylation sites is 2. The fourth-order valence-corrected chi connectivity index (χ4v) is 3.99. The molecule has 2 aromatic heterocycles. The highest BCUT2D eigenvalue weighted by molar-refractivity contribution is 5.80.